The van der Waals surface area contributed by atoms with Gasteiger partial charge in [-0.15, -0.1) is 0 Å². The lowest BCUT2D eigenvalue weighted by atomic mass is 10.2. The van der Waals surface area contributed by atoms with Crippen LogP contribution in [0.15, 0.2) is 12.3 Å². The summed E-state index contributed by atoms with van der Waals surface area (Å²) in [5, 5.41) is 2.77. The van der Waals surface area contributed by atoms with Crippen LogP contribution in [0.3, 0.4) is 0 Å². The van der Waals surface area contributed by atoms with Crippen LogP contribution >= 0.6 is 0 Å². The first kappa shape index (κ1) is 15.7. The number of methoxy groups -OCH3 is 1. The Balaban J connectivity index is 2.95. The SMILES string of the molecule is COC(=O)c1cc(N)cnc1N(C)CC(=O)NC(C)C. The first-order valence-electron chi connectivity index (χ1n) is 6.19. The van der Waals surface area contributed by atoms with Crippen LogP contribution in [0.25, 0.3) is 0 Å². The Bertz CT molecular complexity index is 502. The number of carbonyl (C=O) groups is 2. The number of hydrogen-bond acceptors (Lipinski definition) is 6. The smallest absolute Gasteiger partial charge is 0.341 e. The molecule has 0 aliphatic heterocycles. The summed E-state index contributed by atoms with van der Waals surface area (Å²) in [6, 6.07) is 1.53. The molecule has 0 saturated heterocycles. The number of rotatable bonds is 5. The number of aromatic nitrogens is 1. The Hall–Kier alpha value is -2.31. The molecule has 1 heterocycles. The Morgan fingerprint density at radius 2 is 2.15 bits per heavy atom. The van der Waals surface area contributed by atoms with Gasteiger partial charge >= 0.3 is 5.97 Å². The van der Waals surface area contributed by atoms with Crippen LogP contribution in [0.2, 0.25) is 0 Å². The zero-order valence-electron chi connectivity index (χ0n) is 12.1. The molecule has 1 aromatic rings. The molecule has 7 nitrogen and oxygen atoms in total. The summed E-state index contributed by atoms with van der Waals surface area (Å²) in [5.41, 5.74) is 6.20. The van der Waals surface area contributed by atoms with Gasteiger partial charge in [0.1, 0.15) is 11.4 Å². The van der Waals surface area contributed by atoms with E-state index in [0.717, 1.165) is 0 Å². The molecule has 0 atom stereocenters. The Labute approximate surface area is 118 Å². The summed E-state index contributed by atoms with van der Waals surface area (Å²) in [4.78, 5) is 29.1. The fourth-order valence-corrected chi connectivity index (χ4v) is 1.70. The van der Waals surface area contributed by atoms with Gasteiger partial charge in [0.2, 0.25) is 5.91 Å². The van der Waals surface area contributed by atoms with E-state index in [1.807, 2.05) is 13.8 Å². The summed E-state index contributed by atoms with van der Waals surface area (Å²) in [6.07, 6.45) is 1.43. The summed E-state index contributed by atoms with van der Waals surface area (Å²) in [5.74, 6) is -0.349. The predicted molar refractivity (Wildman–Crippen MR) is 76.5 cm³/mol. The number of nitrogen functional groups attached to an aromatic ring is 1. The molecule has 20 heavy (non-hydrogen) atoms. The molecule has 0 spiro atoms. The van der Waals surface area contributed by atoms with Gasteiger partial charge in [-0.1, -0.05) is 0 Å². The average Bonchev–Trinajstić information content (AvgIpc) is 2.36. The molecule has 0 aromatic carbocycles. The molecule has 7 heteroatoms. The lowest BCUT2D eigenvalue weighted by molar-refractivity contribution is -0.120. The largest absolute Gasteiger partial charge is 0.465 e. The molecule has 0 fully saturated rings. The van der Waals surface area contributed by atoms with E-state index in [2.05, 4.69) is 15.0 Å². The van der Waals surface area contributed by atoms with E-state index in [4.69, 9.17) is 5.73 Å². The maximum Gasteiger partial charge on any atom is 0.341 e. The van der Waals surface area contributed by atoms with Crippen LogP contribution in [0.4, 0.5) is 11.5 Å². The summed E-state index contributed by atoms with van der Waals surface area (Å²) in [6.45, 7) is 3.83. The van der Waals surface area contributed by atoms with E-state index in [9.17, 15) is 9.59 Å². The van der Waals surface area contributed by atoms with E-state index in [1.165, 1.54) is 19.4 Å². The lowest BCUT2D eigenvalue weighted by Gasteiger charge is -2.20. The number of likely N-dealkylation sites (N-methyl/N-ethyl adjacent to an activating group) is 1. The van der Waals surface area contributed by atoms with Crippen molar-refractivity contribution in [3.63, 3.8) is 0 Å². The second-order valence-corrected chi connectivity index (χ2v) is 4.71. The van der Waals surface area contributed by atoms with Gasteiger partial charge in [-0.3, -0.25) is 4.79 Å². The standard InChI is InChI=1S/C13H20N4O3/c1-8(2)16-11(18)7-17(3)12-10(13(19)20-4)5-9(14)6-15-12/h5-6,8H,7,14H2,1-4H3,(H,16,18). The Kier molecular flexibility index (Phi) is 5.31. The third-order valence-electron chi connectivity index (χ3n) is 2.49. The summed E-state index contributed by atoms with van der Waals surface area (Å²) < 4.78 is 4.69. The molecule has 1 amide bonds. The molecule has 0 aliphatic rings. The Morgan fingerprint density at radius 1 is 1.50 bits per heavy atom. The molecular weight excluding hydrogens is 260 g/mol. The monoisotopic (exact) mass is 280 g/mol. The highest BCUT2D eigenvalue weighted by molar-refractivity contribution is 5.96. The molecule has 0 saturated carbocycles. The van der Waals surface area contributed by atoms with E-state index < -0.39 is 5.97 Å². The summed E-state index contributed by atoms with van der Waals surface area (Å²) >= 11 is 0. The minimum absolute atomic E-state index is 0.0513. The number of anilines is 2. The molecule has 3 N–H and O–H groups in total. The van der Waals surface area contributed by atoms with Crippen molar-refractivity contribution >= 4 is 23.4 Å². The number of hydrogen-bond donors (Lipinski definition) is 2. The predicted octanol–water partition coefficient (Wildman–Crippen LogP) is 0.411. The van der Waals surface area contributed by atoms with Crippen LogP contribution in [0, 0.1) is 0 Å². The topological polar surface area (TPSA) is 97.6 Å². The van der Waals surface area contributed by atoms with Crippen LogP contribution in [-0.4, -0.2) is 43.6 Å². The van der Waals surface area contributed by atoms with E-state index in [0.29, 0.717) is 11.5 Å². The van der Waals surface area contributed by atoms with Crippen molar-refractivity contribution in [3.8, 4) is 0 Å². The van der Waals surface area contributed by atoms with Crippen LogP contribution in [0.5, 0.6) is 0 Å². The normalized spacial score (nSPS) is 10.2. The van der Waals surface area contributed by atoms with Gasteiger partial charge in [-0.2, -0.15) is 0 Å². The molecule has 110 valence electrons. The highest BCUT2D eigenvalue weighted by Crippen LogP contribution is 2.19. The van der Waals surface area contributed by atoms with Crippen LogP contribution in [0.1, 0.15) is 24.2 Å². The highest BCUT2D eigenvalue weighted by atomic mass is 16.5. The maximum atomic E-state index is 11.7. The second kappa shape index (κ2) is 6.74. The van der Waals surface area contributed by atoms with E-state index in [-0.39, 0.29) is 24.1 Å². The zero-order valence-corrected chi connectivity index (χ0v) is 12.1. The first-order chi connectivity index (χ1) is 9.35. The van der Waals surface area contributed by atoms with Gasteiger partial charge in [-0.25, -0.2) is 9.78 Å². The first-order valence-corrected chi connectivity index (χ1v) is 6.19. The molecular formula is C13H20N4O3. The third-order valence-corrected chi connectivity index (χ3v) is 2.49. The average molecular weight is 280 g/mol. The van der Waals surface area contributed by atoms with Crippen molar-refractivity contribution in [1.29, 1.82) is 0 Å². The van der Waals surface area contributed by atoms with E-state index in [1.54, 1.807) is 11.9 Å². The number of nitrogens with one attached hydrogen (secondary N) is 1. The van der Waals surface area contributed by atoms with Crippen molar-refractivity contribution in [2.75, 3.05) is 31.3 Å². The zero-order chi connectivity index (χ0) is 15.3. The van der Waals surface area contributed by atoms with Crippen molar-refractivity contribution < 1.29 is 14.3 Å². The van der Waals surface area contributed by atoms with Gasteiger partial charge in [-0.05, 0) is 19.9 Å². The molecule has 0 bridgehead atoms. The number of nitrogens with zero attached hydrogens (tertiary/aromatic N) is 2. The van der Waals surface area contributed by atoms with Crippen LogP contribution in [-0.2, 0) is 9.53 Å². The van der Waals surface area contributed by atoms with Gasteiger partial charge in [0, 0.05) is 13.1 Å². The van der Waals surface area contributed by atoms with Crippen molar-refractivity contribution in [3.05, 3.63) is 17.8 Å². The van der Waals surface area contributed by atoms with Gasteiger partial charge in [0.15, 0.2) is 0 Å². The van der Waals surface area contributed by atoms with Crippen molar-refractivity contribution in [1.82, 2.24) is 10.3 Å². The van der Waals surface area contributed by atoms with Gasteiger partial charge in [0.25, 0.3) is 0 Å². The van der Waals surface area contributed by atoms with Crippen LogP contribution < -0.4 is 16.0 Å². The van der Waals surface area contributed by atoms with Gasteiger partial charge < -0.3 is 20.7 Å². The third kappa shape index (κ3) is 4.11. The number of esters is 1. The summed E-state index contributed by atoms with van der Waals surface area (Å²) in [7, 11) is 2.95. The minimum atomic E-state index is -0.545. The highest BCUT2D eigenvalue weighted by Gasteiger charge is 2.18. The fourth-order valence-electron chi connectivity index (χ4n) is 1.70. The van der Waals surface area contributed by atoms with Crippen molar-refractivity contribution in [2.24, 2.45) is 0 Å². The maximum absolute atomic E-state index is 11.7. The lowest BCUT2D eigenvalue weighted by Crippen LogP contribution is -2.39. The number of amides is 1. The second-order valence-electron chi connectivity index (χ2n) is 4.71. The fraction of sp³-hybridized carbons (Fsp3) is 0.462. The molecule has 0 aliphatic carbocycles. The number of pyridine rings is 1. The molecule has 0 radical (unpaired) electrons. The minimum Gasteiger partial charge on any atom is -0.465 e. The number of carbonyl (C=O) groups excluding carboxylic acids is 2. The van der Waals surface area contributed by atoms with Gasteiger partial charge in [0.05, 0.1) is 25.5 Å². The number of nitrogens with two attached hydrogens (primary N) is 1. The van der Waals surface area contributed by atoms with Crippen molar-refractivity contribution in [2.45, 2.75) is 19.9 Å². The number of ether oxygens (including phenoxy) is 1. The molecule has 0 unspecified atom stereocenters. The quantitative estimate of drug-likeness (QED) is 0.758. The molecule has 1 aromatic heterocycles. The van der Waals surface area contributed by atoms with E-state index >= 15 is 0 Å². The Morgan fingerprint density at radius 3 is 2.70 bits per heavy atom. The molecule has 1 rings (SSSR count).